The summed E-state index contributed by atoms with van der Waals surface area (Å²) < 4.78 is 5.09. The van der Waals surface area contributed by atoms with Gasteiger partial charge in [-0.25, -0.2) is 4.79 Å². The smallest absolute Gasteiger partial charge is 0.410 e. The fourth-order valence-electron chi connectivity index (χ4n) is 1.28. The average Bonchev–Trinajstić information content (AvgIpc) is 1.97. The number of carbonyl (C=O) groups is 1. The predicted octanol–water partition coefficient (Wildman–Crippen LogP) is -0.0411. The van der Waals surface area contributed by atoms with Crippen molar-refractivity contribution >= 4 is 6.09 Å². The first-order valence-corrected chi connectivity index (χ1v) is 4.63. The summed E-state index contributed by atoms with van der Waals surface area (Å²) in [6.07, 6.45) is -1.12. The molecule has 2 N–H and O–H groups in total. The molecule has 0 radical (unpaired) electrons. The Kier molecular flexibility index (Phi) is 3.01. The lowest BCUT2D eigenvalue weighted by Crippen LogP contribution is -2.64. The van der Waals surface area contributed by atoms with Crippen LogP contribution < -0.4 is 0 Å². The molecule has 0 aromatic carbocycles. The molecule has 0 spiro atoms. The molecule has 14 heavy (non-hydrogen) atoms. The largest absolute Gasteiger partial charge is 0.444 e. The Morgan fingerprint density at radius 1 is 1.57 bits per heavy atom. The van der Waals surface area contributed by atoms with Crippen LogP contribution in [0.15, 0.2) is 0 Å². The zero-order valence-corrected chi connectivity index (χ0v) is 8.73. The second kappa shape index (κ2) is 3.74. The lowest BCUT2D eigenvalue weighted by atomic mass is 10.0. The van der Waals surface area contributed by atoms with E-state index in [2.05, 4.69) is 0 Å². The van der Waals surface area contributed by atoms with Crippen LogP contribution in [0.5, 0.6) is 0 Å². The highest BCUT2D eigenvalue weighted by molar-refractivity contribution is 5.70. The fraction of sp³-hybridized carbons (Fsp3) is 0.889. The van der Waals surface area contributed by atoms with E-state index in [1.54, 1.807) is 20.8 Å². The number of hydrogen-bond donors (Lipinski definition) is 2. The van der Waals surface area contributed by atoms with Gasteiger partial charge in [0.05, 0.1) is 25.3 Å². The summed E-state index contributed by atoms with van der Waals surface area (Å²) >= 11 is 0. The maximum atomic E-state index is 11.4. The summed E-state index contributed by atoms with van der Waals surface area (Å²) in [6, 6.07) is -0.509. The molecule has 0 aromatic rings. The number of rotatable bonds is 1. The molecule has 82 valence electrons. The van der Waals surface area contributed by atoms with Crippen molar-refractivity contribution < 1.29 is 19.7 Å². The summed E-state index contributed by atoms with van der Waals surface area (Å²) in [5.41, 5.74) is -0.544. The minimum absolute atomic E-state index is 0.236. The van der Waals surface area contributed by atoms with Gasteiger partial charge in [-0.05, 0) is 20.8 Å². The highest BCUT2D eigenvalue weighted by Gasteiger charge is 2.42. The monoisotopic (exact) mass is 203 g/mol. The first-order chi connectivity index (χ1) is 6.35. The van der Waals surface area contributed by atoms with Crippen molar-refractivity contribution in [2.45, 2.75) is 38.5 Å². The van der Waals surface area contributed by atoms with Gasteiger partial charge < -0.3 is 14.9 Å². The topological polar surface area (TPSA) is 70.0 Å². The molecule has 5 nitrogen and oxygen atoms in total. The third-order valence-corrected chi connectivity index (χ3v) is 2.04. The molecule has 0 aliphatic carbocycles. The van der Waals surface area contributed by atoms with Gasteiger partial charge in [-0.1, -0.05) is 0 Å². The molecule has 1 amide bonds. The van der Waals surface area contributed by atoms with E-state index in [1.165, 1.54) is 4.90 Å². The first-order valence-electron chi connectivity index (χ1n) is 4.63. The van der Waals surface area contributed by atoms with E-state index in [9.17, 15) is 9.90 Å². The molecule has 1 rings (SSSR count). The SMILES string of the molecule is CC(C)(C)OC(=O)N1C[C@H](O)[C@@H]1CO. The second-order valence-corrected chi connectivity index (χ2v) is 4.45. The predicted molar refractivity (Wildman–Crippen MR) is 49.8 cm³/mol. The Bertz CT molecular complexity index is 223. The second-order valence-electron chi connectivity index (χ2n) is 4.45. The number of carbonyl (C=O) groups excluding carboxylic acids is 1. The van der Waals surface area contributed by atoms with Gasteiger partial charge in [-0.2, -0.15) is 0 Å². The average molecular weight is 203 g/mol. The first kappa shape index (κ1) is 11.3. The number of likely N-dealkylation sites (tertiary alicyclic amines) is 1. The Hall–Kier alpha value is -0.810. The highest BCUT2D eigenvalue weighted by atomic mass is 16.6. The number of amides is 1. The normalized spacial score (nSPS) is 27.1. The lowest BCUT2D eigenvalue weighted by molar-refractivity contribution is -0.0857. The Morgan fingerprint density at radius 3 is 2.50 bits per heavy atom. The minimum Gasteiger partial charge on any atom is -0.444 e. The van der Waals surface area contributed by atoms with Crippen molar-refractivity contribution in [1.82, 2.24) is 4.90 Å². The molecular formula is C9H17NO4. The maximum absolute atomic E-state index is 11.4. The minimum atomic E-state index is -0.632. The molecule has 0 saturated carbocycles. The van der Waals surface area contributed by atoms with Gasteiger partial charge in [-0.15, -0.1) is 0 Å². The van der Waals surface area contributed by atoms with E-state index in [4.69, 9.17) is 9.84 Å². The Balaban J connectivity index is 2.47. The van der Waals surface area contributed by atoms with E-state index in [0.717, 1.165) is 0 Å². The molecule has 1 aliphatic rings. The van der Waals surface area contributed by atoms with Gasteiger partial charge in [0, 0.05) is 0 Å². The fourth-order valence-corrected chi connectivity index (χ4v) is 1.28. The van der Waals surface area contributed by atoms with Gasteiger partial charge >= 0.3 is 6.09 Å². The van der Waals surface area contributed by atoms with Gasteiger partial charge in [0.15, 0.2) is 0 Å². The van der Waals surface area contributed by atoms with E-state index in [1.807, 2.05) is 0 Å². The van der Waals surface area contributed by atoms with Crippen molar-refractivity contribution in [2.24, 2.45) is 0 Å². The molecule has 1 fully saturated rings. The van der Waals surface area contributed by atoms with Crippen LogP contribution in [0.4, 0.5) is 4.79 Å². The van der Waals surface area contributed by atoms with Gasteiger partial charge in [0.25, 0.3) is 0 Å². The number of ether oxygens (including phenoxy) is 1. The van der Waals surface area contributed by atoms with Crippen LogP contribution in [0.25, 0.3) is 0 Å². The summed E-state index contributed by atoms with van der Waals surface area (Å²) in [7, 11) is 0. The number of hydrogen-bond acceptors (Lipinski definition) is 4. The summed E-state index contributed by atoms with van der Waals surface area (Å²) in [5.74, 6) is 0. The van der Waals surface area contributed by atoms with Crippen LogP contribution in [0.2, 0.25) is 0 Å². The van der Waals surface area contributed by atoms with Gasteiger partial charge in [-0.3, -0.25) is 4.90 Å². The molecule has 2 atom stereocenters. The van der Waals surface area contributed by atoms with Crippen molar-refractivity contribution in [3.05, 3.63) is 0 Å². The zero-order valence-electron chi connectivity index (χ0n) is 8.73. The van der Waals surface area contributed by atoms with E-state index >= 15 is 0 Å². The molecule has 0 bridgehead atoms. The van der Waals surface area contributed by atoms with Crippen molar-refractivity contribution in [3.8, 4) is 0 Å². The molecule has 0 aromatic heterocycles. The lowest BCUT2D eigenvalue weighted by Gasteiger charge is -2.44. The van der Waals surface area contributed by atoms with Crippen LogP contribution in [-0.2, 0) is 4.74 Å². The number of nitrogens with zero attached hydrogens (tertiary/aromatic N) is 1. The molecule has 1 saturated heterocycles. The molecule has 1 aliphatic heterocycles. The van der Waals surface area contributed by atoms with E-state index in [0.29, 0.717) is 0 Å². The molecule has 1 heterocycles. The third-order valence-electron chi connectivity index (χ3n) is 2.04. The van der Waals surface area contributed by atoms with Crippen LogP contribution >= 0.6 is 0 Å². The van der Waals surface area contributed by atoms with Crippen LogP contribution in [0, 0.1) is 0 Å². The zero-order chi connectivity index (χ0) is 10.9. The van der Waals surface area contributed by atoms with Gasteiger partial charge in [0.1, 0.15) is 5.60 Å². The summed E-state index contributed by atoms with van der Waals surface area (Å²) in [4.78, 5) is 12.8. The highest BCUT2D eigenvalue weighted by Crippen LogP contribution is 2.21. The number of aliphatic hydroxyl groups is 2. The summed E-state index contributed by atoms with van der Waals surface area (Å²) in [5, 5.41) is 18.1. The Morgan fingerprint density at radius 2 is 2.14 bits per heavy atom. The number of aliphatic hydroxyl groups excluding tert-OH is 2. The van der Waals surface area contributed by atoms with E-state index in [-0.39, 0.29) is 13.2 Å². The van der Waals surface area contributed by atoms with Crippen molar-refractivity contribution in [1.29, 1.82) is 0 Å². The molecule has 0 unspecified atom stereocenters. The summed E-state index contributed by atoms with van der Waals surface area (Å²) in [6.45, 7) is 5.32. The van der Waals surface area contributed by atoms with Gasteiger partial charge in [0.2, 0.25) is 0 Å². The van der Waals surface area contributed by atoms with Crippen LogP contribution in [0.3, 0.4) is 0 Å². The Labute approximate surface area is 83.3 Å². The van der Waals surface area contributed by atoms with Crippen molar-refractivity contribution in [2.75, 3.05) is 13.2 Å². The third kappa shape index (κ3) is 2.36. The molecular weight excluding hydrogens is 186 g/mol. The molecule has 5 heteroatoms. The van der Waals surface area contributed by atoms with Crippen molar-refractivity contribution in [3.63, 3.8) is 0 Å². The maximum Gasteiger partial charge on any atom is 0.410 e. The quantitative estimate of drug-likeness (QED) is 0.627. The number of β-amino-alcohol motifs (C(OH)–C–C–N with tert-alkyl or cyclic N) is 1. The van der Waals surface area contributed by atoms with E-state index < -0.39 is 23.8 Å². The van der Waals surface area contributed by atoms with Crippen LogP contribution in [0.1, 0.15) is 20.8 Å². The standard InChI is InChI=1S/C9H17NO4/c1-9(2,3)14-8(13)10-4-7(12)6(10)5-11/h6-7,11-12H,4-5H2,1-3H3/t6-,7-/m0/s1. The van der Waals surface area contributed by atoms with Crippen LogP contribution in [-0.4, -0.2) is 52.1 Å².